The van der Waals surface area contributed by atoms with Crippen molar-refractivity contribution in [2.45, 2.75) is 4.21 Å². The van der Waals surface area contributed by atoms with Crippen molar-refractivity contribution in [2.75, 3.05) is 20.2 Å². The van der Waals surface area contributed by atoms with Crippen LogP contribution in [0, 0.1) is 5.82 Å². The molecule has 0 saturated heterocycles. The van der Waals surface area contributed by atoms with Crippen LogP contribution in [-0.2, 0) is 10.0 Å². The maximum atomic E-state index is 12.7. The zero-order valence-electron chi connectivity index (χ0n) is 11.1. The van der Waals surface area contributed by atoms with Crippen LogP contribution < -0.4 is 4.74 Å². The van der Waals surface area contributed by atoms with Crippen LogP contribution in [0.25, 0.3) is 0 Å². The number of hydrogen-bond donors (Lipinski definition) is 0. The van der Waals surface area contributed by atoms with Crippen LogP contribution in [0.2, 0.25) is 0 Å². The Hall–Kier alpha value is -0.960. The largest absolute Gasteiger partial charge is 0.492 e. The van der Waals surface area contributed by atoms with Gasteiger partial charge in [-0.05, 0) is 51.6 Å². The summed E-state index contributed by atoms with van der Waals surface area (Å²) in [7, 11) is -2.03. The minimum atomic E-state index is -3.52. The molecule has 1 heterocycles. The summed E-state index contributed by atoms with van der Waals surface area (Å²) in [5.41, 5.74) is 0. The van der Waals surface area contributed by atoms with E-state index in [-0.39, 0.29) is 23.2 Å². The summed E-state index contributed by atoms with van der Waals surface area (Å²) in [6.07, 6.45) is 0. The molecule has 21 heavy (non-hydrogen) atoms. The summed E-state index contributed by atoms with van der Waals surface area (Å²) in [5.74, 6) is 0.157. The van der Waals surface area contributed by atoms with Crippen LogP contribution in [0.4, 0.5) is 4.39 Å². The number of nitrogens with zero attached hydrogens (tertiary/aromatic N) is 1. The average Bonchev–Trinajstić information content (AvgIpc) is 2.88. The highest BCUT2D eigenvalue weighted by atomic mass is 79.9. The van der Waals surface area contributed by atoms with E-state index in [1.807, 2.05) is 0 Å². The van der Waals surface area contributed by atoms with Gasteiger partial charge in [0, 0.05) is 18.1 Å². The van der Waals surface area contributed by atoms with E-state index >= 15 is 0 Å². The lowest BCUT2D eigenvalue weighted by Gasteiger charge is -2.16. The first-order valence-corrected chi connectivity index (χ1v) is 9.10. The molecule has 0 radical (unpaired) electrons. The monoisotopic (exact) mass is 393 g/mol. The van der Waals surface area contributed by atoms with Gasteiger partial charge in [-0.25, -0.2) is 12.8 Å². The molecule has 0 saturated carbocycles. The predicted octanol–water partition coefficient (Wildman–Crippen LogP) is 3.35. The molecule has 114 valence electrons. The molecule has 2 aromatic rings. The van der Waals surface area contributed by atoms with Crippen molar-refractivity contribution in [2.24, 2.45) is 0 Å². The van der Waals surface area contributed by atoms with Crippen molar-refractivity contribution in [1.82, 2.24) is 4.31 Å². The summed E-state index contributed by atoms with van der Waals surface area (Å²) >= 11 is 4.38. The van der Waals surface area contributed by atoms with Gasteiger partial charge >= 0.3 is 0 Å². The second-order valence-corrected chi connectivity index (χ2v) is 8.20. The first kappa shape index (κ1) is 16.4. The number of halogens is 2. The fraction of sp³-hybridized carbons (Fsp3) is 0.231. The van der Waals surface area contributed by atoms with Crippen LogP contribution >= 0.6 is 27.3 Å². The Morgan fingerprint density at radius 1 is 1.29 bits per heavy atom. The SMILES string of the molecule is CN(CCOc1ccc(F)cc1)S(=O)(=O)c1sccc1Br. The Bertz CT molecular complexity index is 700. The van der Waals surface area contributed by atoms with Crippen molar-refractivity contribution in [3.63, 3.8) is 0 Å². The molecule has 0 amide bonds. The lowest BCUT2D eigenvalue weighted by atomic mass is 10.3. The zero-order chi connectivity index (χ0) is 15.5. The Morgan fingerprint density at radius 3 is 2.52 bits per heavy atom. The van der Waals surface area contributed by atoms with Gasteiger partial charge in [-0.3, -0.25) is 0 Å². The second-order valence-electron chi connectivity index (χ2n) is 4.18. The van der Waals surface area contributed by atoms with Crippen LogP contribution in [0.5, 0.6) is 5.75 Å². The molecule has 1 aromatic carbocycles. The predicted molar refractivity (Wildman–Crippen MR) is 83.7 cm³/mol. The number of ether oxygens (including phenoxy) is 1. The van der Waals surface area contributed by atoms with Gasteiger partial charge in [-0.15, -0.1) is 11.3 Å². The molecule has 2 rings (SSSR count). The molecule has 0 spiro atoms. The Morgan fingerprint density at radius 2 is 1.95 bits per heavy atom. The van der Waals surface area contributed by atoms with Gasteiger partial charge in [-0.2, -0.15) is 4.31 Å². The molecular weight excluding hydrogens is 381 g/mol. The fourth-order valence-corrected chi connectivity index (χ4v) is 5.21. The number of sulfonamides is 1. The third kappa shape index (κ3) is 4.03. The fourth-order valence-electron chi connectivity index (χ4n) is 1.55. The summed E-state index contributed by atoms with van der Waals surface area (Å²) in [4.78, 5) is 0. The number of thiophene rings is 1. The Balaban J connectivity index is 1.94. The zero-order valence-corrected chi connectivity index (χ0v) is 14.3. The Kier molecular flexibility index (Phi) is 5.37. The lowest BCUT2D eigenvalue weighted by molar-refractivity contribution is 0.286. The quantitative estimate of drug-likeness (QED) is 0.755. The summed E-state index contributed by atoms with van der Waals surface area (Å²) in [6, 6.07) is 7.27. The highest BCUT2D eigenvalue weighted by Crippen LogP contribution is 2.29. The number of benzene rings is 1. The van der Waals surface area contributed by atoms with E-state index in [9.17, 15) is 12.8 Å². The number of likely N-dealkylation sites (N-methyl/N-ethyl adjacent to an activating group) is 1. The molecule has 4 nitrogen and oxygen atoms in total. The van der Waals surface area contributed by atoms with Crippen molar-refractivity contribution in [3.8, 4) is 5.75 Å². The maximum absolute atomic E-state index is 12.7. The first-order valence-electron chi connectivity index (χ1n) is 5.99. The van der Waals surface area contributed by atoms with Crippen LogP contribution in [-0.4, -0.2) is 32.9 Å². The van der Waals surface area contributed by atoms with Gasteiger partial charge < -0.3 is 4.74 Å². The van der Waals surface area contributed by atoms with Crippen molar-refractivity contribution in [3.05, 3.63) is 46.0 Å². The standard InChI is InChI=1S/C13H13BrFNO3S2/c1-16(21(17,18)13-12(14)6-9-20-13)7-8-19-11-4-2-10(15)3-5-11/h2-6,9H,7-8H2,1H3. The van der Waals surface area contributed by atoms with E-state index in [1.165, 1.54) is 35.6 Å². The average molecular weight is 394 g/mol. The van der Waals surface area contributed by atoms with Crippen molar-refractivity contribution in [1.29, 1.82) is 0 Å². The van der Waals surface area contributed by atoms with E-state index in [2.05, 4.69) is 15.9 Å². The molecule has 8 heteroatoms. The van der Waals surface area contributed by atoms with Crippen LogP contribution in [0.1, 0.15) is 0 Å². The molecule has 0 aliphatic rings. The van der Waals surface area contributed by atoms with Gasteiger partial charge in [0.2, 0.25) is 0 Å². The molecule has 0 fully saturated rings. The third-order valence-corrected chi connectivity index (χ3v) is 7.22. The van der Waals surface area contributed by atoms with Crippen LogP contribution in [0.15, 0.2) is 44.4 Å². The third-order valence-electron chi connectivity index (χ3n) is 2.72. The molecule has 0 atom stereocenters. The van der Waals surface area contributed by atoms with E-state index in [0.717, 1.165) is 11.3 Å². The normalized spacial score (nSPS) is 11.8. The smallest absolute Gasteiger partial charge is 0.253 e. The molecule has 0 aliphatic heterocycles. The molecule has 0 N–H and O–H groups in total. The summed E-state index contributed by atoms with van der Waals surface area (Å²) in [6.45, 7) is 0.383. The van der Waals surface area contributed by atoms with Gasteiger partial charge in [0.1, 0.15) is 22.4 Å². The molecule has 0 unspecified atom stereocenters. The lowest BCUT2D eigenvalue weighted by Crippen LogP contribution is -2.30. The minimum absolute atomic E-state index is 0.185. The summed E-state index contributed by atoms with van der Waals surface area (Å²) < 4.78 is 44.8. The highest BCUT2D eigenvalue weighted by Gasteiger charge is 2.24. The number of hydrogen-bond acceptors (Lipinski definition) is 4. The van der Waals surface area contributed by atoms with Crippen molar-refractivity contribution < 1.29 is 17.5 Å². The van der Waals surface area contributed by atoms with Crippen LogP contribution in [0.3, 0.4) is 0 Å². The minimum Gasteiger partial charge on any atom is -0.492 e. The van der Waals surface area contributed by atoms with Gasteiger partial charge in [0.05, 0.1) is 0 Å². The van der Waals surface area contributed by atoms with E-state index in [4.69, 9.17) is 4.74 Å². The van der Waals surface area contributed by atoms with Crippen molar-refractivity contribution >= 4 is 37.3 Å². The topological polar surface area (TPSA) is 46.6 Å². The first-order chi connectivity index (χ1) is 9.91. The number of rotatable bonds is 6. The summed E-state index contributed by atoms with van der Waals surface area (Å²) in [5, 5.41) is 1.71. The molecule has 0 aliphatic carbocycles. The van der Waals surface area contributed by atoms with E-state index in [1.54, 1.807) is 11.4 Å². The van der Waals surface area contributed by atoms with Gasteiger partial charge in [-0.1, -0.05) is 0 Å². The molecule has 0 bridgehead atoms. The molecular formula is C13H13BrFNO3S2. The van der Waals surface area contributed by atoms with E-state index in [0.29, 0.717) is 10.2 Å². The van der Waals surface area contributed by atoms with E-state index < -0.39 is 10.0 Å². The molecule has 1 aromatic heterocycles. The van der Waals surface area contributed by atoms with Gasteiger partial charge in [0.15, 0.2) is 0 Å². The highest BCUT2D eigenvalue weighted by molar-refractivity contribution is 9.10. The maximum Gasteiger partial charge on any atom is 0.253 e. The second kappa shape index (κ2) is 6.87. The Labute approximate surface area is 135 Å². The van der Waals surface area contributed by atoms with Gasteiger partial charge in [0.25, 0.3) is 10.0 Å².